The van der Waals surface area contributed by atoms with Gasteiger partial charge in [0.15, 0.2) is 0 Å². The van der Waals surface area contributed by atoms with Crippen LogP contribution in [0.15, 0.2) is 45.7 Å². The monoisotopic (exact) mass is 204 g/mol. The van der Waals surface area contributed by atoms with Gasteiger partial charge < -0.3 is 10.3 Å². The molecule has 0 bridgehead atoms. The Morgan fingerprint density at radius 3 is 2.47 bits per heavy atom. The highest BCUT2D eigenvalue weighted by atomic mass is 16.5. The van der Waals surface area contributed by atoms with Gasteiger partial charge in [-0.25, -0.2) is 0 Å². The van der Waals surface area contributed by atoms with Gasteiger partial charge in [0.1, 0.15) is 0 Å². The van der Waals surface area contributed by atoms with Crippen LogP contribution in [0.3, 0.4) is 0 Å². The van der Waals surface area contributed by atoms with Gasteiger partial charge in [-0.05, 0) is 12.1 Å². The molecule has 0 amide bonds. The molecule has 2 rings (SSSR count). The Kier molecular flexibility index (Phi) is 2.13. The number of benzene rings is 1. The third-order valence-electron chi connectivity index (χ3n) is 1.87. The minimum Gasteiger partial charge on any atom is -0.368 e. The third-order valence-corrected chi connectivity index (χ3v) is 1.87. The van der Waals surface area contributed by atoms with Crippen LogP contribution in [0.4, 0.5) is 5.88 Å². The molecule has 0 radical (unpaired) electrons. The summed E-state index contributed by atoms with van der Waals surface area (Å²) in [5.41, 5.74) is 5.06. The highest BCUT2D eigenvalue weighted by Gasteiger charge is 2.13. The van der Waals surface area contributed by atoms with Crippen LogP contribution >= 0.6 is 0 Å². The predicted molar refractivity (Wildman–Crippen MR) is 53.6 cm³/mol. The number of rotatable bonds is 1. The maximum atomic E-state index is 11.7. The minimum absolute atomic E-state index is 0.0794. The smallest absolute Gasteiger partial charge is 0.294 e. The number of hydrogen-bond donors (Lipinski definition) is 1. The first kappa shape index (κ1) is 9.26. The molecule has 1 aromatic carbocycles. The molecule has 0 unspecified atom stereocenters. The molecule has 5 heteroatoms. The lowest BCUT2D eigenvalue weighted by Gasteiger charge is -1.97. The van der Waals surface area contributed by atoms with Crippen molar-refractivity contribution >= 4 is 11.8 Å². The summed E-state index contributed by atoms with van der Waals surface area (Å²) in [4.78, 5) is 22.9. The largest absolute Gasteiger partial charge is 0.368 e. The zero-order chi connectivity index (χ0) is 10.8. The van der Waals surface area contributed by atoms with Crippen LogP contribution in [0.2, 0.25) is 0 Å². The van der Waals surface area contributed by atoms with Gasteiger partial charge in [-0.1, -0.05) is 22.9 Å². The van der Waals surface area contributed by atoms with Crippen LogP contribution in [-0.2, 0) is 0 Å². The second-order valence-electron chi connectivity index (χ2n) is 2.94. The number of nitrogen functional groups attached to an aromatic ring is 1. The Morgan fingerprint density at radius 1 is 1.27 bits per heavy atom. The number of carbonyl (C=O) groups excluding carboxylic acids is 1. The molecular formula is C10H8N2O3. The Labute approximate surface area is 84.7 Å². The number of anilines is 1. The van der Waals surface area contributed by atoms with E-state index in [-0.39, 0.29) is 5.88 Å². The lowest BCUT2D eigenvalue weighted by atomic mass is 10.2. The summed E-state index contributed by atoms with van der Waals surface area (Å²) < 4.78 is 5.39. The zero-order valence-electron chi connectivity index (χ0n) is 7.71. The minimum atomic E-state index is -0.568. The van der Waals surface area contributed by atoms with Crippen molar-refractivity contribution in [3.05, 3.63) is 52.3 Å². The molecule has 2 N–H and O–H groups in total. The predicted octanol–water partition coefficient (Wildman–Crippen LogP) is 0.712. The van der Waals surface area contributed by atoms with Crippen molar-refractivity contribution in [2.24, 2.45) is 0 Å². The summed E-state index contributed by atoms with van der Waals surface area (Å²) in [6, 6.07) is 9.41. The Hall–Kier alpha value is -2.30. The van der Waals surface area contributed by atoms with E-state index in [2.05, 4.69) is 0 Å². The first-order valence-corrected chi connectivity index (χ1v) is 4.27. The van der Waals surface area contributed by atoms with Crippen LogP contribution in [0.1, 0.15) is 10.4 Å². The summed E-state index contributed by atoms with van der Waals surface area (Å²) in [6.07, 6.45) is 0. The highest BCUT2D eigenvalue weighted by molar-refractivity contribution is 5.94. The summed E-state index contributed by atoms with van der Waals surface area (Å²) in [6.45, 7) is 0. The van der Waals surface area contributed by atoms with Crippen molar-refractivity contribution in [1.29, 1.82) is 0 Å². The second kappa shape index (κ2) is 3.45. The van der Waals surface area contributed by atoms with Gasteiger partial charge in [0.05, 0.1) is 6.07 Å². The topological polar surface area (TPSA) is 78.2 Å². The van der Waals surface area contributed by atoms with Gasteiger partial charge in [-0.2, -0.15) is 0 Å². The molecule has 0 aliphatic carbocycles. The van der Waals surface area contributed by atoms with Crippen molar-refractivity contribution < 1.29 is 9.32 Å². The fraction of sp³-hybridized carbons (Fsp3) is 0. The van der Waals surface area contributed by atoms with Crippen LogP contribution in [0.5, 0.6) is 0 Å². The third kappa shape index (κ3) is 1.67. The van der Waals surface area contributed by atoms with Gasteiger partial charge in [0, 0.05) is 5.56 Å². The van der Waals surface area contributed by atoms with E-state index in [1.54, 1.807) is 30.3 Å². The summed E-state index contributed by atoms with van der Waals surface area (Å²) in [5.74, 6) is -0.610. The van der Waals surface area contributed by atoms with E-state index in [9.17, 15) is 9.59 Å². The second-order valence-corrected chi connectivity index (χ2v) is 2.94. The molecule has 76 valence electrons. The van der Waals surface area contributed by atoms with E-state index in [0.717, 1.165) is 6.07 Å². The van der Waals surface area contributed by atoms with Crippen molar-refractivity contribution in [2.75, 3.05) is 5.73 Å². The molecule has 15 heavy (non-hydrogen) atoms. The summed E-state index contributed by atoms with van der Waals surface area (Å²) in [5, 5.41) is 0. The Balaban J connectivity index is 2.46. The molecule has 0 saturated carbocycles. The van der Waals surface area contributed by atoms with Gasteiger partial charge >= 0.3 is 0 Å². The Morgan fingerprint density at radius 2 is 1.93 bits per heavy atom. The van der Waals surface area contributed by atoms with Gasteiger partial charge in [-0.15, -0.1) is 0 Å². The van der Waals surface area contributed by atoms with Crippen molar-refractivity contribution in [2.45, 2.75) is 0 Å². The van der Waals surface area contributed by atoms with E-state index in [0.29, 0.717) is 10.3 Å². The van der Waals surface area contributed by atoms with Gasteiger partial charge in [0.2, 0.25) is 5.88 Å². The number of hydrogen-bond acceptors (Lipinski definition) is 4. The van der Waals surface area contributed by atoms with E-state index in [4.69, 9.17) is 10.3 Å². The molecule has 0 spiro atoms. The number of nitrogens with two attached hydrogens (primary N) is 1. The number of nitrogens with zero attached hydrogens (tertiary/aromatic N) is 1. The number of aromatic nitrogens is 1. The maximum Gasteiger partial charge on any atom is 0.294 e. The molecule has 2 aromatic rings. The fourth-order valence-corrected chi connectivity index (χ4v) is 1.20. The average Bonchev–Trinajstić information content (AvgIpc) is 2.58. The molecule has 1 heterocycles. The fourth-order valence-electron chi connectivity index (χ4n) is 1.20. The molecule has 0 aliphatic heterocycles. The zero-order valence-corrected chi connectivity index (χ0v) is 7.71. The SMILES string of the molecule is Nc1cc(=O)n(C(=O)c2ccccc2)o1. The van der Waals surface area contributed by atoms with Crippen molar-refractivity contribution in [3.63, 3.8) is 0 Å². The van der Waals surface area contributed by atoms with E-state index in [1.807, 2.05) is 0 Å². The van der Waals surface area contributed by atoms with Crippen LogP contribution in [0, 0.1) is 0 Å². The standard InChI is InChI=1S/C10H8N2O3/c11-8-6-9(13)12(15-8)10(14)7-4-2-1-3-5-7/h1-6H,11H2. The van der Waals surface area contributed by atoms with Crippen LogP contribution in [-0.4, -0.2) is 10.6 Å². The maximum absolute atomic E-state index is 11.7. The lowest BCUT2D eigenvalue weighted by Crippen LogP contribution is -2.22. The number of carbonyl (C=O) groups is 1. The van der Waals surface area contributed by atoms with Crippen LogP contribution in [0.25, 0.3) is 0 Å². The highest BCUT2D eigenvalue weighted by Crippen LogP contribution is 2.03. The molecule has 0 fully saturated rings. The first-order chi connectivity index (χ1) is 7.18. The molecule has 1 aromatic heterocycles. The average molecular weight is 204 g/mol. The van der Waals surface area contributed by atoms with E-state index < -0.39 is 11.5 Å². The molecule has 5 nitrogen and oxygen atoms in total. The van der Waals surface area contributed by atoms with E-state index >= 15 is 0 Å². The Bertz CT molecular complexity index is 539. The van der Waals surface area contributed by atoms with Gasteiger partial charge in [0.25, 0.3) is 11.5 Å². The molecule has 0 aliphatic rings. The lowest BCUT2D eigenvalue weighted by molar-refractivity contribution is 0.0846. The van der Waals surface area contributed by atoms with Crippen molar-refractivity contribution in [3.8, 4) is 0 Å². The van der Waals surface area contributed by atoms with Gasteiger partial charge in [-0.3, -0.25) is 9.59 Å². The molecule has 0 atom stereocenters. The quantitative estimate of drug-likeness (QED) is 0.742. The molecular weight excluding hydrogens is 196 g/mol. The summed E-state index contributed by atoms with van der Waals surface area (Å²) >= 11 is 0. The molecule has 0 saturated heterocycles. The van der Waals surface area contributed by atoms with Crippen molar-refractivity contribution in [1.82, 2.24) is 4.74 Å². The van der Waals surface area contributed by atoms with Crippen LogP contribution < -0.4 is 11.3 Å². The van der Waals surface area contributed by atoms with E-state index in [1.165, 1.54) is 0 Å². The normalized spacial score (nSPS) is 10.1. The first-order valence-electron chi connectivity index (χ1n) is 4.27. The summed E-state index contributed by atoms with van der Waals surface area (Å²) in [7, 11) is 0.